The lowest BCUT2D eigenvalue weighted by Crippen LogP contribution is -2.44. The first-order valence-corrected chi connectivity index (χ1v) is 8.89. The Morgan fingerprint density at radius 2 is 1.83 bits per heavy atom. The molecule has 5 nitrogen and oxygen atoms in total. The SMILES string of the molecule is O=C1CCC(C(=O)N[C@@H](CN2CCOCC2)c2ccccc2)CC1. The topological polar surface area (TPSA) is 58.6 Å². The van der Waals surface area contributed by atoms with Gasteiger partial charge in [-0.25, -0.2) is 0 Å². The van der Waals surface area contributed by atoms with Crippen LogP contribution in [0.5, 0.6) is 0 Å². The van der Waals surface area contributed by atoms with E-state index in [1.54, 1.807) is 0 Å². The van der Waals surface area contributed by atoms with Gasteiger partial charge in [0.15, 0.2) is 0 Å². The average Bonchev–Trinajstić information content (AvgIpc) is 2.63. The molecule has 0 unspecified atom stereocenters. The van der Waals surface area contributed by atoms with Crippen LogP contribution in [-0.4, -0.2) is 49.4 Å². The molecule has 1 aromatic rings. The van der Waals surface area contributed by atoms with Crippen molar-refractivity contribution in [1.82, 2.24) is 10.2 Å². The first-order valence-electron chi connectivity index (χ1n) is 8.89. The van der Waals surface area contributed by atoms with Crippen molar-refractivity contribution in [3.05, 3.63) is 35.9 Å². The zero-order valence-electron chi connectivity index (χ0n) is 14.1. The van der Waals surface area contributed by atoms with Crippen molar-refractivity contribution in [2.24, 2.45) is 5.92 Å². The van der Waals surface area contributed by atoms with E-state index in [0.717, 1.165) is 38.4 Å². The van der Waals surface area contributed by atoms with Crippen LogP contribution < -0.4 is 5.32 Å². The Balaban J connectivity index is 1.65. The molecule has 1 atom stereocenters. The fourth-order valence-electron chi connectivity index (χ4n) is 3.45. The maximum absolute atomic E-state index is 12.7. The average molecular weight is 330 g/mol. The largest absolute Gasteiger partial charge is 0.379 e. The van der Waals surface area contributed by atoms with E-state index in [-0.39, 0.29) is 23.7 Å². The Hall–Kier alpha value is -1.72. The van der Waals surface area contributed by atoms with Gasteiger partial charge in [-0.2, -0.15) is 0 Å². The molecular weight excluding hydrogens is 304 g/mol. The van der Waals surface area contributed by atoms with Crippen LogP contribution in [-0.2, 0) is 14.3 Å². The Morgan fingerprint density at radius 1 is 1.17 bits per heavy atom. The quantitative estimate of drug-likeness (QED) is 0.896. The fraction of sp³-hybridized carbons (Fsp3) is 0.579. The number of carbonyl (C=O) groups is 2. The highest BCUT2D eigenvalue weighted by molar-refractivity contribution is 5.84. The summed E-state index contributed by atoms with van der Waals surface area (Å²) in [6.45, 7) is 4.10. The van der Waals surface area contributed by atoms with E-state index in [4.69, 9.17) is 4.74 Å². The van der Waals surface area contributed by atoms with Gasteiger partial charge in [0, 0.05) is 38.4 Å². The van der Waals surface area contributed by atoms with Crippen molar-refractivity contribution in [2.75, 3.05) is 32.8 Å². The van der Waals surface area contributed by atoms with E-state index in [0.29, 0.717) is 25.7 Å². The van der Waals surface area contributed by atoms with E-state index < -0.39 is 0 Å². The number of rotatable bonds is 5. The van der Waals surface area contributed by atoms with Crippen LogP contribution in [0.4, 0.5) is 0 Å². The monoisotopic (exact) mass is 330 g/mol. The molecule has 0 radical (unpaired) electrons. The molecule has 1 heterocycles. The summed E-state index contributed by atoms with van der Waals surface area (Å²) in [7, 11) is 0. The predicted molar refractivity (Wildman–Crippen MR) is 91.5 cm³/mol. The standard InChI is InChI=1S/C19H26N2O3/c22-17-8-6-16(7-9-17)19(23)20-18(15-4-2-1-3-5-15)14-21-10-12-24-13-11-21/h1-5,16,18H,6-14H2,(H,20,23)/t18-/m0/s1. The first-order chi connectivity index (χ1) is 11.7. The number of hydrogen-bond donors (Lipinski definition) is 1. The molecule has 130 valence electrons. The third kappa shape index (κ3) is 4.65. The molecule has 1 aromatic carbocycles. The van der Waals surface area contributed by atoms with Crippen molar-refractivity contribution in [3.63, 3.8) is 0 Å². The lowest BCUT2D eigenvalue weighted by atomic mass is 9.87. The number of nitrogens with one attached hydrogen (secondary N) is 1. The summed E-state index contributed by atoms with van der Waals surface area (Å²) in [5.41, 5.74) is 1.13. The molecule has 5 heteroatoms. The van der Waals surface area contributed by atoms with Gasteiger partial charge in [0.1, 0.15) is 5.78 Å². The second-order valence-electron chi connectivity index (χ2n) is 6.70. The van der Waals surface area contributed by atoms with Crippen LogP contribution in [0.25, 0.3) is 0 Å². The number of amides is 1. The molecule has 1 saturated carbocycles. The van der Waals surface area contributed by atoms with Crippen molar-refractivity contribution in [2.45, 2.75) is 31.7 Å². The molecule has 1 aliphatic heterocycles. The maximum Gasteiger partial charge on any atom is 0.223 e. The Morgan fingerprint density at radius 3 is 2.50 bits per heavy atom. The second kappa shape index (κ2) is 8.40. The summed E-state index contributed by atoms with van der Waals surface area (Å²) >= 11 is 0. The Kier molecular flexibility index (Phi) is 5.99. The van der Waals surface area contributed by atoms with Crippen LogP contribution in [0.1, 0.15) is 37.3 Å². The normalized spacial score (nSPS) is 21.4. The van der Waals surface area contributed by atoms with E-state index in [1.807, 2.05) is 18.2 Å². The zero-order valence-corrected chi connectivity index (χ0v) is 14.1. The second-order valence-corrected chi connectivity index (χ2v) is 6.70. The number of ketones is 1. The minimum absolute atomic E-state index is 0.0190. The summed E-state index contributed by atoms with van der Waals surface area (Å²) in [6, 6.07) is 10.1. The molecule has 2 fully saturated rings. The van der Waals surface area contributed by atoms with Crippen LogP contribution in [0.15, 0.2) is 30.3 Å². The maximum atomic E-state index is 12.7. The number of benzene rings is 1. The molecule has 24 heavy (non-hydrogen) atoms. The van der Waals surface area contributed by atoms with E-state index >= 15 is 0 Å². The van der Waals surface area contributed by atoms with Crippen molar-refractivity contribution in [1.29, 1.82) is 0 Å². The van der Waals surface area contributed by atoms with Gasteiger partial charge in [-0.05, 0) is 18.4 Å². The number of Topliss-reactive ketones (excluding diaryl/α,β-unsaturated/α-hetero) is 1. The summed E-state index contributed by atoms with van der Waals surface area (Å²) in [5.74, 6) is 0.343. The van der Waals surface area contributed by atoms with E-state index in [1.165, 1.54) is 0 Å². The number of hydrogen-bond acceptors (Lipinski definition) is 4. The minimum atomic E-state index is -0.0291. The summed E-state index contributed by atoms with van der Waals surface area (Å²) in [6.07, 6.45) is 2.45. The van der Waals surface area contributed by atoms with Gasteiger partial charge in [0.05, 0.1) is 19.3 Å². The molecule has 1 saturated heterocycles. The lowest BCUT2D eigenvalue weighted by molar-refractivity contribution is -0.129. The highest BCUT2D eigenvalue weighted by Crippen LogP contribution is 2.23. The lowest BCUT2D eigenvalue weighted by Gasteiger charge is -2.32. The smallest absolute Gasteiger partial charge is 0.223 e. The molecule has 1 aliphatic carbocycles. The molecule has 1 N–H and O–H groups in total. The van der Waals surface area contributed by atoms with Crippen LogP contribution in [0, 0.1) is 5.92 Å². The zero-order chi connectivity index (χ0) is 16.8. The van der Waals surface area contributed by atoms with Crippen molar-refractivity contribution in [3.8, 4) is 0 Å². The van der Waals surface area contributed by atoms with Crippen LogP contribution >= 0.6 is 0 Å². The molecule has 0 aromatic heterocycles. The molecular formula is C19H26N2O3. The van der Waals surface area contributed by atoms with E-state index in [9.17, 15) is 9.59 Å². The number of carbonyl (C=O) groups excluding carboxylic acids is 2. The number of ether oxygens (including phenoxy) is 1. The molecule has 1 amide bonds. The minimum Gasteiger partial charge on any atom is -0.379 e. The Bertz CT molecular complexity index is 545. The number of morpholine rings is 1. The van der Waals surface area contributed by atoms with E-state index in [2.05, 4.69) is 22.3 Å². The Labute approximate surface area is 143 Å². The van der Waals surface area contributed by atoms with Crippen molar-refractivity contribution < 1.29 is 14.3 Å². The van der Waals surface area contributed by atoms with Gasteiger partial charge < -0.3 is 10.1 Å². The molecule has 2 aliphatic rings. The third-order valence-corrected chi connectivity index (χ3v) is 4.98. The molecule has 0 spiro atoms. The van der Waals surface area contributed by atoms with Gasteiger partial charge in [-0.1, -0.05) is 30.3 Å². The van der Waals surface area contributed by atoms with Crippen LogP contribution in [0.2, 0.25) is 0 Å². The summed E-state index contributed by atoms with van der Waals surface area (Å²) in [5, 5.41) is 3.23. The van der Waals surface area contributed by atoms with Gasteiger partial charge in [-0.15, -0.1) is 0 Å². The van der Waals surface area contributed by atoms with Crippen LogP contribution in [0.3, 0.4) is 0 Å². The first kappa shape index (κ1) is 17.1. The summed E-state index contributed by atoms with van der Waals surface area (Å²) < 4.78 is 5.41. The van der Waals surface area contributed by atoms with Gasteiger partial charge in [0.2, 0.25) is 5.91 Å². The third-order valence-electron chi connectivity index (χ3n) is 4.98. The van der Waals surface area contributed by atoms with Crippen molar-refractivity contribution >= 4 is 11.7 Å². The highest BCUT2D eigenvalue weighted by Gasteiger charge is 2.27. The predicted octanol–water partition coefficient (Wildman–Crippen LogP) is 1.94. The summed E-state index contributed by atoms with van der Waals surface area (Å²) in [4.78, 5) is 26.4. The van der Waals surface area contributed by atoms with Gasteiger partial charge in [0.25, 0.3) is 0 Å². The molecule has 3 rings (SSSR count). The highest BCUT2D eigenvalue weighted by atomic mass is 16.5. The fourth-order valence-corrected chi connectivity index (χ4v) is 3.45. The van der Waals surface area contributed by atoms with Gasteiger partial charge in [-0.3, -0.25) is 14.5 Å². The number of nitrogens with zero attached hydrogens (tertiary/aromatic N) is 1. The van der Waals surface area contributed by atoms with Gasteiger partial charge >= 0.3 is 0 Å². The molecule has 0 bridgehead atoms.